The van der Waals surface area contributed by atoms with Crippen LogP contribution in [0.15, 0.2) is 42.6 Å². The molecule has 1 N–H and O–H groups in total. The first-order valence-corrected chi connectivity index (χ1v) is 16.4. The Kier molecular flexibility index (Phi) is 7.19. The second-order valence-corrected chi connectivity index (χ2v) is 13.6. The van der Waals surface area contributed by atoms with Crippen LogP contribution >= 0.6 is 0 Å². The number of carbonyl (C=O) groups is 1. The third-order valence-corrected chi connectivity index (χ3v) is 10.3. The van der Waals surface area contributed by atoms with Gasteiger partial charge in [-0.2, -0.15) is 9.97 Å². The molecule has 6 bridgehead atoms. The number of nitrogens with zero attached hydrogens (tertiary/aromatic N) is 5. The van der Waals surface area contributed by atoms with Gasteiger partial charge >= 0.3 is 12.1 Å². The Morgan fingerprint density at radius 1 is 1.11 bits per heavy atom. The molecule has 240 valence electrons. The molecule has 9 nitrogen and oxygen atoms in total. The van der Waals surface area contributed by atoms with Crippen LogP contribution in [-0.4, -0.2) is 82.6 Å². The SMILES string of the molecule is C[C@@]12CCCN(C1)c1nc(OC[C@@]34CCCN3C[C@@H](F)C4)nc3c(F)c(ncc13)-c1cccc3cccc(c13)CCCOC(=O)N2. The molecule has 5 aliphatic rings. The minimum Gasteiger partial charge on any atom is -0.461 e. The Morgan fingerprint density at radius 2 is 1.96 bits per heavy atom. The van der Waals surface area contributed by atoms with Crippen LogP contribution in [0.1, 0.15) is 51.0 Å². The summed E-state index contributed by atoms with van der Waals surface area (Å²) in [5.74, 6) is -0.0445. The monoisotopic (exact) mass is 628 g/mol. The lowest BCUT2D eigenvalue weighted by Gasteiger charge is -2.41. The maximum atomic E-state index is 16.9. The van der Waals surface area contributed by atoms with Crippen molar-refractivity contribution in [3.05, 3.63) is 54.0 Å². The minimum atomic E-state index is -0.894. The van der Waals surface area contributed by atoms with Crippen molar-refractivity contribution in [3.8, 4) is 17.3 Å². The summed E-state index contributed by atoms with van der Waals surface area (Å²) < 4.78 is 43.4. The van der Waals surface area contributed by atoms with Crippen LogP contribution in [0.4, 0.5) is 19.4 Å². The van der Waals surface area contributed by atoms with E-state index in [0.717, 1.165) is 48.6 Å². The van der Waals surface area contributed by atoms with Crippen LogP contribution in [0.3, 0.4) is 0 Å². The molecule has 3 saturated heterocycles. The molecular weight excluding hydrogens is 590 g/mol. The number of piperidine rings is 1. The molecule has 2 aromatic heterocycles. The van der Waals surface area contributed by atoms with Gasteiger partial charge in [-0.05, 0) is 68.3 Å². The topological polar surface area (TPSA) is 92.7 Å². The van der Waals surface area contributed by atoms with Crippen molar-refractivity contribution < 1.29 is 23.0 Å². The van der Waals surface area contributed by atoms with E-state index < -0.39 is 29.2 Å². The Labute approximate surface area is 266 Å². The van der Waals surface area contributed by atoms with E-state index in [1.807, 2.05) is 48.2 Å². The van der Waals surface area contributed by atoms with Gasteiger partial charge in [-0.15, -0.1) is 0 Å². The molecule has 0 saturated carbocycles. The number of ether oxygens (including phenoxy) is 2. The molecule has 1 amide bonds. The Hall–Kier alpha value is -4.12. The van der Waals surface area contributed by atoms with Gasteiger partial charge in [-0.1, -0.05) is 36.4 Å². The van der Waals surface area contributed by atoms with E-state index in [2.05, 4.69) is 15.2 Å². The predicted octanol–water partition coefficient (Wildman–Crippen LogP) is 5.97. The maximum Gasteiger partial charge on any atom is 0.407 e. The molecule has 7 heterocycles. The molecule has 0 aliphatic carbocycles. The summed E-state index contributed by atoms with van der Waals surface area (Å²) in [5, 5.41) is 5.43. The third-order valence-electron chi connectivity index (χ3n) is 10.3. The van der Waals surface area contributed by atoms with Gasteiger partial charge in [0.25, 0.3) is 0 Å². The zero-order valence-electron chi connectivity index (χ0n) is 26.0. The van der Waals surface area contributed by atoms with E-state index >= 15 is 4.39 Å². The van der Waals surface area contributed by atoms with Crippen LogP contribution < -0.4 is 15.0 Å². The molecule has 0 unspecified atom stereocenters. The maximum absolute atomic E-state index is 16.9. The summed E-state index contributed by atoms with van der Waals surface area (Å²) in [4.78, 5) is 31.4. The van der Waals surface area contributed by atoms with Crippen molar-refractivity contribution in [1.82, 2.24) is 25.2 Å². The fourth-order valence-electron chi connectivity index (χ4n) is 8.22. The molecule has 3 atom stereocenters. The number of hydrogen-bond donors (Lipinski definition) is 1. The lowest BCUT2D eigenvalue weighted by molar-refractivity contribution is 0.107. The van der Waals surface area contributed by atoms with Gasteiger partial charge in [-0.25, -0.2) is 13.6 Å². The number of fused-ring (bicyclic) bond motifs is 7. The molecular formula is C35H38F2N6O3. The average molecular weight is 629 g/mol. The number of carbonyl (C=O) groups excluding carboxylic acids is 1. The fourth-order valence-corrected chi connectivity index (χ4v) is 8.22. The highest BCUT2D eigenvalue weighted by atomic mass is 19.1. The average Bonchev–Trinajstić information content (AvgIpc) is 3.57. The minimum absolute atomic E-state index is 0.0539. The molecule has 11 heteroatoms. The van der Waals surface area contributed by atoms with Crippen LogP contribution in [0.2, 0.25) is 0 Å². The smallest absolute Gasteiger partial charge is 0.407 e. The van der Waals surface area contributed by atoms with E-state index in [0.29, 0.717) is 55.7 Å². The number of hydrogen-bond acceptors (Lipinski definition) is 8. The highest BCUT2D eigenvalue weighted by molar-refractivity contribution is 6.00. The summed E-state index contributed by atoms with van der Waals surface area (Å²) >= 11 is 0. The molecule has 3 fully saturated rings. The van der Waals surface area contributed by atoms with E-state index in [4.69, 9.17) is 19.4 Å². The van der Waals surface area contributed by atoms with Crippen molar-refractivity contribution in [3.63, 3.8) is 0 Å². The standard InChI is InChI=1S/C35H38F2N6O3/c1-34-12-5-14-42(20-34)31-26-18-38-29(25-11-3-9-22-7-2-8-23(27(22)25)10-4-16-45-33(44)41-34)28(37)30(26)39-32(40-31)46-21-35-13-6-15-43(35)19-24(36)17-35/h2-3,7-9,11,18,24H,4-6,10,12-17,19-21H2,1H3,(H,41,44)/t24-,34+,35-/m0/s1. The largest absolute Gasteiger partial charge is 0.461 e. The van der Waals surface area contributed by atoms with Gasteiger partial charge in [0.1, 0.15) is 29.8 Å². The van der Waals surface area contributed by atoms with Crippen LogP contribution in [0.25, 0.3) is 32.9 Å². The van der Waals surface area contributed by atoms with E-state index in [1.54, 1.807) is 6.20 Å². The number of pyridine rings is 1. The number of benzene rings is 2. The first kappa shape index (κ1) is 29.3. The highest BCUT2D eigenvalue weighted by Crippen LogP contribution is 2.41. The normalized spacial score (nSPS) is 26.7. The number of anilines is 1. The van der Waals surface area contributed by atoms with Crippen molar-refractivity contribution in [1.29, 1.82) is 0 Å². The van der Waals surface area contributed by atoms with Gasteiger partial charge in [0, 0.05) is 37.8 Å². The van der Waals surface area contributed by atoms with E-state index in [9.17, 15) is 9.18 Å². The van der Waals surface area contributed by atoms with E-state index in [1.165, 1.54) is 0 Å². The number of amides is 1. The van der Waals surface area contributed by atoms with E-state index in [-0.39, 0.29) is 30.4 Å². The zero-order valence-corrected chi connectivity index (χ0v) is 26.0. The summed E-state index contributed by atoms with van der Waals surface area (Å²) in [7, 11) is 0. The van der Waals surface area contributed by atoms with Crippen molar-refractivity contribution in [2.45, 2.75) is 69.1 Å². The van der Waals surface area contributed by atoms with Gasteiger partial charge in [0.2, 0.25) is 0 Å². The lowest BCUT2D eigenvalue weighted by atomic mass is 9.91. The first-order valence-electron chi connectivity index (χ1n) is 16.4. The summed E-state index contributed by atoms with van der Waals surface area (Å²) in [5.41, 5.74) is 1.02. The van der Waals surface area contributed by atoms with Gasteiger partial charge in [-0.3, -0.25) is 9.88 Å². The highest BCUT2D eigenvalue weighted by Gasteiger charge is 2.49. The lowest BCUT2D eigenvalue weighted by Crippen LogP contribution is -2.57. The number of alkyl carbamates (subject to hydrolysis) is 1. The second kappa shape index (κ2) is 11.3. The number of aryl methyl sites for hydroxylation is 1. The number of aromatic nitrogens is 3. The Morgan fingerprint density at radius 3 is 2.85 bits per heavy atom. The van der Waals surface area contributed by atoms with Crippen molar-refractivity contribution >= 4 is 33.6 Å². The number of rotatable bonds is 3. The van der Waals surface area contributed by atoms with Gasteiger partial charge < -0.3 is 19.7 Å². The first-order chi connectivity index (χ1) is 22.3. The number of halogens is 2. The molecule has 0 radical (unpaired) electrons. The molecule has 46 heavy (non-hydrogen) atoms. The van der Waals surface area contributed by atoms with Crippen molar-refractivity contribution in [2.75, 3.05) is 44.3 Å². The Balaban J connectivity index is 1.29. The Bertz CT molecular complexity index is 1830. The zero-order chi connectivity index (χ0) is 31.5. The second-order valence-electron chi connectivity index (χ2n) is 13.6. The van der Waals surface area contributed by atoms with Crippen LogP contribution in [0, 0.1) is 5.82 Å². The van der Waals surface area contributed by atoms with Crippen molar-refractivity contribution in [2.24, 2.45) is 0 Å². The fraction of sp³-hybridized carbons (Fsp3) is 0.486. The van der Waals surface area contributed by atoms with Gasteiger partial charge in [0.15, 0.2) is 5.82 Å². The quantitative estimate of drug-likeness (QED) is 0.297. The molecule has 5 aliphatic heterocycles. The molecule has 0 spiro atoms. The number of alkyl halides is 1. The summed E-state index contributed by atoms with van der Waals surface area (Å²) in [6.07, 6.45) is 5.33. The van der Waals surface area contributed by atoms with Crippen LogP contribution in [-0.2, 0) is 11.2 Å². The third kappa shape index (κ3) is 5.09. The summed E-state index contributed by atoms with van der Waals surface area (Å²) in [6.45, 7) is 4.81. The number of nitrogens with one attached hydrogen (secondary N) is 1. The molecule has 9 rings (SSSR count). The predicted molar refractivity (Wildman–Crippen MR) is 171 cm³/mol. The molecule has 2 aromatic carbocycles. The summed E-state index contributed by atoms with van der Waals surface area (Å²) in [6, 6.07) is 11.9. The van der Waals surface area contributed by atoms with Crippen LogP contribution in [0.5, 0.6) is 6.01 Å². The van der Waals surface area contributed by atoms with Gasteiger partial charge in [0.05, 0.1) is 23.1 Å². The molecule has 4 aromatic rings.